The van der Waals surface area contributed by atoms with Crippen LogP contribution >= 0.6 is 11.8 Å². The summed E-state index contributed by atoms with van der Waals surface area (Å²) in [6.07, 6.45) is 5.69. The van der Waals surface area contributed by atoms with Crippen LogP contribution in [-0.2, 0) is 7.05 Å². The maximum absolute atomic E-state index is 5.58. The minimum Gasteiger partial charge on any atom is -0.493 e. The molecule has 0 bridgehead atoms. The van der Waals surface area contributed by atoms with Crippen LogP contribution in [-0.4, -0.2) is 44.9 Å². The van der Waals surface area contributed by atoms with Gasteiger partial charge in [-0.2, -0.15) is 10.2 Å². The number of ether oxygens (including phenoxy) is 2. The molecule has 7 nitrogen and oxygen atoms in total. The molecule has 31 heavy (non-hydrogen) atoms. The van der Waals surface area contributed by atoms with E-state index in [0.29, 0.717) is 5.75 Å². The molecular formula is C23H21N5O2S. The van der Waals surface area contributed by atoms with Gasteiger partial charge < -0.3 is 9.47 Å². The first-order valence-corrected chi connectivity index (χ1v) is 10.9. The third-order valence-corrected chi connectivity index (χ3v) is 6.10. The molecule has 8 heteroatoms. The fourth-order valence-electron chi connectivity index (χ4n) is 3.81. The second kappa shape index (κ2) is 7.63. The van der Waals surface area contributed by atoms with Gasteiger partial charge in [-0.15, -0.1) is 11.8 Å². The Morgan fingerprint density at radius 2 is 1.84 bits per heavy atom. The largest absolute Gasteiger partial charge is 0.493 e. The molecule has 0 amide bonds. The van der Waals surface area contributed by atoms with Crippen LogP contribution in [0.2, 0.25) is 0 Å². The Labute approximate surface area is 183 Å². The number of methoxy groups -OCH3 is 2. The topological polar surface area (TPSA) is 66.5 Å². The van der Waals surface area contributed by atoms with Crippen LogP contribution in [0.3, 0.4) is 0 Å². The van der Waals surface area contributed by atoms with Crippen molar-refractivity contribution in [2.75, 3.05) is 20.5 Å². The molecule has 0 aliphatic carbocycles. The van der Waals surface area contributed by atoms with Crippen molar-refractivity contribution in [1.29, 1.82) is 0 Å². The first-order chi connectivity index (χ1) is 15.1. The van der Waals surface area contributed by atoms with Gasteiger partial charge in [0.15, 0.2) is 17.1 Å². The number of thioether (sulfide) groups is 1. The Morgan fingerprint density at radius 1 is 0.968 bits per heavy atom. The van der Waals surface area contributed by atoms with Gasteiger partial charge in [-0.25, -0.2) is 9.50 Å². The minimum atomic E-state index is 0.684. The maximum Gasteiger partial charge on any atom is 0.174 e. The lowest BCUT2D eigenvalue weighted by Crippen LogP contribution is -1.98. The van der Waals surface area contributed by atoms with Crippen molar-refractivity contribution in [2.45, 2.75) is 4.90 Å². The van der Waals surface area contributed by atoms with E-state index in [-0.39, 0.29) is 0 Å². The van der Waals surface area contributed by atoms with Gasteiger partial charge in [0.2, 0.25) is 0 Å². The van der Waals surface area contributed by atoms with Gasteiger partial charge in [0.25, 0.3) is 0 Å². The molecule has 0 N–H and O–H groups in total. The second-order valence-corrected chi connectivity index (χ2v) is 7.93. The van der Waals surface area contributed by atoms with Gasteiger partial charge in [-0.3, -0.25) is 4.68 Å². The molecule has 0 unspecified atom stereocenters. The molecule has 3 heterocycles. The van der Waals surface area contributed by atoms with Crippen LogP contribution in [0.15, 0.2) is 59.8 Å². The lowest BCUT2D eigenvalue weighted by molar-refractivity contribution is 0.348. The molecule has 5 rings (SSSR count). The van der Waals surface area contributed by atoms with Crippen LogP contribution in [0.1, 0.15) is 0 Å². The van der Waals surface area contributed by atoms with Crippen molar-refractivity contribution >= 4 is 28.3 Å². The molecule has 5 aromatic rings. The first kappa shape index (κ1) is 19.4. The van der Waals surface area contributed by atoms with E-state index >= 15 is 0 Å². The Balaban J connectivity index is 1.66. The lowest BCUT2D eigenvalue weighted by Gasteiger charge is -2.14. The SMILES string of the molecule is COc1cc(-c2ccnc3cc(-c4ccc5c(cnn5C)c4)nn23)cc(SC)c1OC. The van der Waals surface area contributed by atoms with Crippen molar-refractivity contribution < 1.29 is 9.47 Å². The van der Waals surface area contributed by atoms with Gasteiger partial charge in [0.05, 0.1) is 42.2 Å². The van der Waals surface area contributed by atoms with E-state index in [2.05, 4.69) is 34.3 Å². The summed E-state index contributed by atoms with van der Waals surface area (Å²) in [6.45, 7) is 0. The summed E-state index contributed by atoms with van der Waals surface area (Å²) in [5.74, 6) is 1.42. The summed E-state index contributed by atoms with van der Waals surface area (Å²) in [7, 11) is 5.24. The molecule has 0 aliphatic heterocycles. The van der Waals surface area contributed by atoms with Gasteiger partial charge in [-0.1, -0.05) is 6.07 Å². The summed E-state index contributed by atoms with van der Waals surface area (Å²) < 4.78 is 14.9. The zero-order chi connectivity index (χ0) is 21.5. The van der Waals surface area contributed by atoms with E-state index in [9.17, 15) is 0 Å². The lowest BCUT2D eigenvalue weighted by atomic mass is 10.1. The van der Waals surface area contributed by atoms with Gasteiger partial charge in [0.1, 0.15) is 0 Å². The molecule has 3 aromatic heterocycles. The third-order valence-electron chi connectivity index (χ3n) is 5.36. The number of hydrogen-bond acceptors (Lipinski definition) is 6. The number of rotatable bonds is 5. The zero-order valence-electron chi connectivity index (χ0n) is 17.7. The monoisotopic (exact) mass is 431 g/mol. The van der Waals surface area contributed by atoms with E-state index in [4.69, 9.17) is 14.6 Å². The van der Waals surface area contributed by atoms with Crippen LogP contribution in [0.5, 0.6) is 11.5 Å². The second-order valence-electron chi connectivity index (χ2n) is 7.09. The zero-order valence-corrected chi connectivity index (χ0v) is 18.5. The number of fused-ring (bicyclic) bond motifs is 2. The molecule has 0 aliphatic rings. The van der Waals surface area contributed by atoms with Crippen molar-refractivity contribution in [1.82, 2.24) is 24.4 Å². The van der Waals surface area contributed by atoms with Crippen LogP contribution in [0, 0.1) is 0 Å². The normalized spacial score (nSPS) is 11.4. The van der Waals surface area contributed by atoms with E-state index in [0.717, 1.165) is 49.7 Å². The Hall–Kier alpha value is -3.52. The number of aromatic nitrogens is 5. The molecule has 156 valence electrons. The number of benzene rings is 2. The summed E-state index contributed by atoms with van der Waals surface area (Å²) >= 11 is 1.61. The molecule has 0 fully saturated rings. The summed E-state index contributed by atoms with van der Waals surface area (Å²) in [6, 6.07) is 14.2. The molecule has 0 spiro atoms. The van der Waals surface area contributed by atoms with Crippen molar-refractivity contribution in [3.8, 4) is 34.0 Å². The molecule has 0 saturated heterocycles. The van der Waals surface area contributed by atoms with Crippen molar-refractivity contribution in [2.24, 2.45) is 7.05 Å². The Morgan fingerprint density at radius 3 is 2.61 bits per heavy atom. The van der Waals surface area contributed by atoms with Crippen molar-refractivity contribution in [3.05, 3.63) is 54.9 Å². The van der Waals surface area contributed by atoms with E-state index < -0.39 is 0 Å². The first-order valence-electron chi connectivity index (χ1n) is 9.70. The summed E-state index contributed by atoms with van der Waals surface area (Å²) in [5.41, 5.74) is 5.65. The minimum absolute atomic E-state index is 0.684. The smallest absolute Gasteiger partial charge is 0.174 e. The van der Waals surface area contributed by atoms with E-state index in [1.54, 1.807) is 32.2 Å². The molecule has 0 saturated carbocycles. The van der Waals surface area contributed by atoms with Gasteiger partial charge in [-0.05, 0) is 36.6 Å². The maximum atomic E-state index is 5.58. The highest BCUT2D eigenvalue weighted by Crippen LogP contribution is 2.40. The average molecular weight is 432 g/mol. The quantitative estimate of drug-likeness (QED) is 0.376. The molecule has 0 radical (unpaired) electrons. The predicted molar refractivity (Wildman–Crippen MR) is 123 cm³/mol. The average Bonchev–Trinajstić information content (AvgIpc) is 3.41. The van der Waals surface area contributed by atoms with Crippen LogP contribution in [0.25, 0.3) is 39.1 Å². The fraction of sp³-hybridized carbons (Fsp3) is 0.174. The summed E-state index contributed by atoms with van der Waals surface area (Å²) in [4.78, 5) is 5.52. The van der Waals surface area contributed by atoms with Crippen LogP contribution < -0.4 is 9.47 Å². The van der Waals surface area contributed by atoms with E-state index in [1.807, 2.05) is 46.9 Å². The molecule has 2 aromatic carbocycles. The standard InChI is InChI=1S/C23H21N5O2S/c1-27-18-6-5-14(9-16(18)13-25-27)17-12-22-24-8-7-19(28(22)26-17)15-10-20(29-2)23(30-3)21(11-15)31-4/h5-13H,1-4H3. The van der Waals surface area contributed by atoms with Gasteiger partial charge in [0, 0.05) is 35.8 Å². The van der Waals surface area contributed by atoms with Crippen molar-refractivity contribution in [3.63, 3.8) is 0 Å². The Kier molecular flexibility index (Phi) is 4.78. The molecule has 0 atom stereocenters. The Bertz CT molecular complexity index is 1400. The highest BCUT2D eigenvalue weighted by atomic mass is 32.2. The van der Waals surface area contributed by atoms with Crippen LogP contribution in [0.4, 0.5) is 0 Å². The highest BCUT2D eigenvalue weighted by molar-refractivity contribution is 7.98. The number of nitrogens with zero attached hydrogens (tertiary/aromatic N) is 5. The molecular weight excluding hydrogens is 410 g/mol. The highest BCUT2D eigenvalue weighted by Gasteiger charge is 2.16. The van der Waals surface area contributed by atoms with E-state index in [1.165, 1.54) is 0 Å². The van der Waals surface area contributed by atoms with Gasteiger partial charge >= 0.3 is 0 Å². The number of aryl methyl sites for hydroxylation is 1. The number of hydrogen-bond donors (Lipinski definition) is 0. The fourth-order valence-corrected chi connectivity index (χ4v) is 4.42. The third kappa shape index (κ3) is 3.19. The predicted octanol–water partition coefficient (Wildman–Crippen LogP) is 4.69. The summed E-state index contributed by atoms with van der Waals surface area (Å²) in [5, 5.41) is 10.3.